The van der Waals surface area contributed by atoms with E-state index < -0.39 is 0 Å². The summed E-state index contributed by atoms with van der Waals surface area (Å²) in [6.45, 7) is 6.48. The van der Waals surface area contributed by atoms with Crippen LogP contribution in [0.2, 0.25) is 0 Å². The Morgan fingerprint density at radius 3 is 3.06 bits per heavy atom. The number of carbonyl (C=O) groups is 1. The van der Waals surface area contributed by atoms with Gasteiger partial charge in [0.05, 0.1) is 18.8 Å². The molecule has 2 unspecified atom stereocenters. The molecule has 2 atom stereocenters. The van der Waals surface area contributed by atoms with E-state index in [1.165, 1.54) is 0 Å². The zero-order valence-electron chi connectivity index (χ0n) is 10.1. The maximum Gasteiger partial charge on any atom is 0.315 e. The van der Waals surface area contributed by atoms with Crippen LogP contribution in [0.3, 0.4) is 0 Å². The fourth-order valence-electron chi connectivity index (χ4n) is 1.73. The smallest absolute Gasteiger partial charge is 0.315 e. The van der Waals surface area contributed by atoms with Crippen molar-refractivity contribution in [2.45, 2.75) is 38.8 Å². The van der Waals surface area contributed by atoms with Crippen LogP contribution in [0.1, 0.15) is 26.7 Å². The number of rotatable bonds is 6. The van der Waals surface area contributed by atoms with Gasteiger partial charge in [0.2, 0.25) is 0 Å². The van der Waals surface area contributed by atoms with Crippen LogP contribution in [0, 0.1) is 0 Å². The highest BCUT2D eigenvalue weighted by Crippen LogP contribution is 2.15. The quantitative estimate of drug-likeness (QED) is 0.666. The Bertz CT molecular complexity index is 205. The summed E-state index contributed by atoms with van der Waals surface area (Å²) >= 11 is 0. The molecule has 2 amide bonds. The minimum absolute atomic E-state index is 0.0644. The summed E-state index contributed by atoms with van der Waals surface area (Å²) in [7, 11) is 0. The predicted molar refractivity (Wildman–Crippen MR) is 61.5 cm³/mol. The van der Waals surface area contributed by atoms with Crippen LogP contribution in [-0.4, -0.2) is 44.5 Å². The lowest BCUT2D eigenvalue weighted by atomic mass is 10.1. The van der Waals surface area contributed by atoms with E-state index in [2.05, 4.69) is 10.6 Å². The van der Waals surface area contributed by atoms with Crippen LogP contribution in [-0.2, 0) is 9.47 Å². The fourth-order valence-corrected chi connectivity index (χ4v) is 1.73. The van der Waals surface area contributed by atoms with Crippen LogP contribution in [0.25, 0.3) is 0 Å². The Labute approximate surface area is 96.9 Å². The zero-order chi connectivity index (χ0) is 11.8. The molecular formula is C11H22N2O3. The molecule has 1 saturated heterocycles. The van der Waals surface area contributed by atoms with E-state index in [0.717, 1.165) is 19.4 Å². The number of ether oxygens (including phenoxy) is 2. The molecule has 16 heavy (non-hydrogen) atoms. The Morgan fingerprint density at radius 2 is 2.44 bits per heavy atom. The molecular weight excluding hydrogens is 208 g/mol. The van der Waals surface area contributed by atoms with Crippen molar-refractivity contribution in [1.82, 2.24) is 10.6 Å². The molecule has 1 fully saturated rings. The van der Waals surface area contributed by atoms with Crippen molar-refractivity contribution in [2.24, 2.45) is 0 Å². The van der Waals surface area contributed by atoms with Gasteiger partial charge in [-0.05, 0) is 26.7 Å². The third-order valence-corrected chi connectivity index (χ3v) is 2.62. The van der Waals surface area contributed by atoms with E-state index in [1.54, 1.807) is 0 Å². The summed E-state index contributed by atoms with van der Waals surface area (Å²) in [5, 5.41) is 5.61. The Morgan fingerprint density at radius 1 is 1.62 bits per heavy atom. The molecule has 1 heterocycles. The molecule has 1 aliphatic rings. The van der Waals surface area contributed by atoms with Gasteiger partial charge in [-0.1, -0.05) is 0 Å². The van der Waals surface area contributed by atoms with Gasteiger partial charge in [0.25, 0.3) is 0 Å². The molecule has 2 N–H and O–H groups in total. The lowest BCUT2D eigenvalue weighted by molar-refractivity contribution is 0.0857. The number of urea groups is 1. The maximum absolute atomic E-state index is 11.4. The van der Waals surface area contributed by atoms with Gasteiger partial charge in [0.15, 0.2) is 0 Å². The van der Waals surface area contributed by atoms with Gasteiger partial charge in [-0.15, -0.1) is 0 Å². The van der Waals surface area contributed by atoms with Crippen molar-refractivity contribution < 1.29 is 14.3 Å². The molecule has 5 nitrogen and oxygen atoms in total. The highest BCUT2D eigenvalue weighted by Gasteiger charge is 2.23. The fraction of sp³-hybridized carbons (Fsp3) is 0.909. The lowest BCUT2D eigenvalue weighted by Crippen LogP contribution is -2.46. The van der Waals surface area contributed by atoms with Crippen molar-refractivity contribution in [3.63, 3.8) is 0 Å². The first-order chi connectivity index (χ1) is 7.74. The van der Waals surface area contributed by atoms with Crippen LogP contribution < -0.4 is 10.6 Å². The molecule has 1 aliphatic heterocycles. The maximum atomic E-state index is 11.4. The molecule has 1 rings (SSSR count). The first-order valence-electron chi connectivity index (χ1n) is 5.97. The summed E-state index contributed by atoms with van der Waals surface area (Å²) in [5.74, 6) is 0. The van der Waals surface area contributed by atoms with E-state index >= 15 is 0 Å². The number of amides is 2. The van der Waals surface area contributed by atoms with Crippen molar-refractivity contribution in [2.75, 3.05) is 26.4 Å². The van der Waals surface area contributed by atoms with E-state index in [9.17, 15) is 4.79 Å². The monoisotopic (exact) mass is 230 g/mol. The summed E-state index contributed by atoms with van der Waals surface area (Å²) in [6.07, 6.45) is 2.28. The molecule has 5 heteroatoms. The molecule has 0 aromatic carbocycles. The molecule has 0 spiro atoms. The highest BCUT2D eigenvalue weighted by atomic mass is 16.5. The topological polar surface area (TPSA) is 59.6 Å². The second-order valence-electron chi connectivity index (χ2n) is 3.94. The van der Waals surface area contributed by atoms with Gasteiger partial charge in [-0.2, -0.15) is 0 Å². The van der Waals surface area contributed by atoms with E-state index in [-0.39, 0.29) is 18.2 Å². The van der Waals surface area contributed by atoms with Gasteiger partial charge < -0.3 is 20.1 Å². The molecule has 94 valence electrons. The average molecular weight is 230 g/mol. The number of hydrogen-bond acceptors (Lipinski definition) is 3. The van der Waals surface area contributed by atoms with Crippen LogP contribution in [0.15, 0.2) is 0 Å². The molecule has 0 saturated carbocycles. The molecule has 0 radical (unpaired) electrons. The summed E-state index contributed by atoms with van der Waals surface area (Å²) in [6, 6.07) is -0.0858. The van der Waals surface area contributed by atoms with Gasteiger partial charge in [-0.3, -0.25) is 0 Å². The van der Waals surface area contributed by atoms with Crippen LogP contribution in [0.4, 0.5) is 4.79 Å². The van der Waals surface area contributed by atoms with E-state index in [4.69, 9.17) is 9.47 Å². The lowest BCUT2D eigenvalue weighted by Gasteiger charge is -2.20. The minimum atomic E-state index is -0.150. The Hall–Kier alpha value is -0.810. The first-order valence-corrected chi connectivity index (χ1v) is 5.97. The zero-order valence-corrected chi connectivity index (χ0v) is 10.1. The van der Waals surface area contributed by atoms with Crippen LogP contribution >= 0.6 is 0 Å². The normalized spacial score (nSPS) is 21.8. The standard InChI is InChI=1S/C11H22N2O3/c1-3-15-8-6-12-11(14)13-9(2)10-5-4-7-16-10/h9-10H,3-8H2,1-2H3,(H2,12,13,14). The minimum Gasteiger partial charge on any atom is -0.380 e. The van der Waals surface area contributed by atoms with Gasteiger partial charge in [0, 0.05) is 19.8 Å². The second kappa shape index (κ2) is 7.46. The van der Waals surface area contributed by atoms with Gasteiger partial charge in [0.1, 0.15) is 0 Å². The van der Waals surface area contributed by atoms with Crippen molar-refractivity contribution in [3.8, 4) is 0 Å². The van der Waals surface area contributed by atoms with Gasteiger partial charge >= 0.3 is 6.03 Å². The van der Waals surface area contributed by atoms with Gasteiger partial charge in [-0.25, -0.2) is 4.79 Å². The molecule has 0 aliphatic carbocycles. The predicted octanol–water partition coefficient (Wildman–Crippen LogP) is 0.890. The largest absolute Gasteiger partial charge is 0.380 e. The molecule has 0 aromatic heterocycles. The van der Waals surface area contributed by atoms with E-state index in [1.807, 2.05) is 13.8 Å². The summed E-state index contributed by atoms with van der Waals surface area (Å²) in [5.41, 5.74) is 0. The van der Waals surface area contributed by atoms with Crippen molar-refractivity contribution in [1.29, 1.82) is 0 Å². The SMILES string of the molecule is CCOCCNC(=O)NC(C)C1CCCO1. The third-order valence-electron chi connectivity index (χ3n) is 2.62. The molecule has 0 bridgehead atoms. The van der Waals surface area contributed by atoms with Crippen molar-refractivity contribution in [3.05, 3.63) is 0 Å². The Kier molecular flexibility index (Phi) is 6.18. The van der Waals surface area contributed by atoms with Crippen molar-refractivity contribution >= 4 is 6.03 Å². The molecule has 0 aromatic rings. The average Bonchev–Trinajstić information content (AvgIpc) is 2.77. The second-order valence-corrected chi connectivity index (χ2v) is 3.94. The number of nitrogens with one attached hydrogen (secondary N) is 2. The third kappa shape index (κ3) is 4.81. The number of carbonyl (C=O) groups excluding carboxylic acids is 1. The summed E-state index contributed by atoms with van der Waals surface area (Å²) < 4.78 is 10.6. The van der Waals surface area contributed by atoms with E-state index in [0.29, 0.717) is 19.8 Å². The first kappa shape index (κ1) is 13.3. The van der Waals surface area contributed by atoms with Crippen LogP contribution in [0.5, 0.6) is 0 Å². The number of hydrogen-bond donors (Lipinski definition) is 2. The highest BCUT2D eigenvalue weighted by molar-refractivity contribution is 5.74. The summed E-state index contributed by atoms with van der Waals surface area (Å²) in [4.78, 5) is 11.4. The Balaban J connectivity index is 2.08.